The number of Topliss-reactive ketones (excluding diaryl/α,β-unsaturated/α-hetero) is 1. The zero-order valence-corrected chi connectivity index (χ0v) is 9.18. The fourth-order valence-corrected chi connectivity index (χ4v) is 1.47. The molecule has 0 bridgehead atoms. The van der Waals surface area contributed by atoms with E-state index in [0.29, 0.717) is 5.70 Å². The van der Waals surface area contributed by atoms with Gasteiger partial charge in [-0.25, -0.2) is 4.39 Å². The van der Waals surface area contributed by atoms with Gasteiger partial charge >= 0.3 is 0 Å². The molecule has 0 radical (unpaired) electrons. The standard InChI is InChI=1S/C10H9ClFN3O/c1-6(16)8-5-15(14-13-8)9-4-2-3-7(11)10(9)12/h2-5,13-14H,1H3. The number of anilines is 1. The Morgan fingerprint density at radius 2 is 2.25 bits per heavy atom. The number of nitrogens with zero attached hydrogens (tertiary/aromatic N) is 1. The molecule has 1 aliphatic heterocycles. The molecule has 2 rings (SSSR count). The first-order valence-electron chi connectivity index (χ1n) is 4.57. The number of carbonyl (C=O) groups is 1. The molecular weight excluding hydrogens is 233 g/mol. The first kappa shape index (κ1) is 10.9. The van der Waals surface area contributed by atoms with E-state index in [1.54, 1.807) is 12.1 Å². The van der Waals surface area contributed by atoms with Gasteiger partial charge in [-0.3, -0.25) is 15.2 Å². The van der Waals surface area contributed by atoms with Crippen molar-refractivity contribution in [2.75, 3.05) is 5.01 Å². The first-order valence-corrected chi connectivity index (χ1v) is 4.95. The van der Waals surface area contributed by atoms with Crippen molar-refractivity contribution in [3.8, 4) is 0 Å². The molecule has 0 amide bonds. The van der Waals surface area contributed by atoms with Crippen LogP contribution in [0.1, 0.15) is 6.92 Å². The average Bonchev–Trinajstić information content (AvgIpc) is 2.71. The molecule has 84 valence electrons. The monoisotopic (exact) mass is 241 g/mol. The lowest BCUT2D eigenvalue weighted by Gasteiger charge is -2.16. The largest absolute Gasteiger partial charge is 0.299 e. The third-order valence-electron chi connectivity index (χ3n) is 2.14. The Hall–Kier alpha value is -1.59. The van der Waals surface area contributed by atoms with Crippen molar-refractivity contribution in [2.45, 2.75) is 6.92 Å². The summed E-state index contributed by atoms with van der Waals surface area (Å²) in [6.07, 6.45) is 1.47. The summed E-state index contributed by atoms with van der Waals surface area (Å²) in [5.74, 6) is -0.683. The molecule has 4 nitrogen and oxygen atoms in total. The normalized spacial score (nSPS) is 14.7. The summed E-state index contributed by atoms with van der Waals surface area (Å²) in [7, 11) is 0. The summed E-state index contributed by atoms with van der Waals surface area (Å²) in [6.45, 7) is 1.42. The van der Waals surface area contributed by atoms with Crippen LogP contribution in [-0.4, -0.2) is 5.78 Å². The highest BCUT2D eigenvalue weighted by atomic mass is 35.5. The Balaban J connectivity index is 2.33. The molecule has 16 heavy (non-hydrogen) atoms. The van der Waals surface area contributed by atoms with Crippen molar-refractivity contribution in [1.29, 1.82) is 0 Å². The molecule has 1 heterocycles. The second-order valence-corrected chi connectivity index (χ2v) is 3.69. The zero-order chi connectivity index (χ0) is 11.7. The molecule has 0 saturated heterocycles. The lowest BCUT2D eigenvalue weighted by Crippen LogP contribution is -2.37. The van der Waals surface area contributed by atoms with Gasteiger partial charge in [-0.1, -0.05) is 17.7 Å². The van der Waals surface area contributed by atoms with Crippen molar-refractivity contribution in [2.24, 2.45) is 0 Å². The average molecular weight is 242 g/mol. The number of hydrogen-bond acceptors (Lipinski definition) is 4. The Morgan fingerprint density at radius 1 is 1.50 bits per heavy atom. The van der Waals surface area contributed by atoms with E-state index in [2.05, 4.69) is 11.0 Å². The van der Waals surface area contributed by atoms with Gasteiger partial charge in [0, 0.05) is 6.92 Å². The van der Waals surface area contributed by atoms with Crippen molar-refractivity contribution < 1.29 is 9.18 Å². The third kappa shape index (κ3) is 1.87. The number of ketones is 1. The Morgan fingerprint density at radius 3 is 2.88 bits per heavy atom. The fourth-order valence-electron chi connectivity index (χ4n) is 1.30. The summed E-state index contributed by atoms with van der Waals surface area (Å²) < 4.78 is 13.6. The molecule has 1 aliphatic rings. The molecule has 0 atom stereocenters. The van der Waals surface area contributed by atoms with E-state index in [1.165, 1.54) is 24.2 Å². The molecule has 6 heteroatoms. The minimum absolute atomic E-state index is 0.0315. The number of benzene rings is 1. The van der Waals surface area contributed by atoms with E-state index < -0.39 is 5.82 Å². The van der Waals surface area contributed by atoms with Crippen molar-refractivity contribution in [1.82, 2.24) is 11.0 Å². The Kier molecular flexibility index (Phi) is 2.80. The van der Waals surface area contributed by atoms with E-state index in [9.17, 15) is 9.18 Å². The number of rotatable bonds is 2. The molecule has 1 aromatic rings. The molecule has 2 N–H and O–H groups in total. The van der Waals surface area contributed by atoms with Crippen molar-refractivity contribution in [3.05, 3.63) is 40.9 Å². The summed E-state index contributed by atoms with van der Waals surface area (Å²) >= 11 is 5.65. The van der Waals surface area contributed by atoms with Crippen LogP contribution < -0.4 is 16.0 Å². The van der Waals surface area contributed by atoms with Gasteiger partial charge in [-0.2, -0.15) is 0 Å². The second kappa shape index (κ2) is 4.11. The molecule has 0 saturated carbocycles. The highest BCUT2D eigenvalue weighted by molar-refractivity contribution is 6.31. The number of nitrogens with one attached hydrogen (secondary N) is 2. The maximum atomic E-state index is 13.6. The molecule has 0 unspecified atom stereocenters. The van der Waals surface area contributed by atoms with Crippen LogP contribution in [0.4, 0.5) is 10.1 Å². The van der Waals surface area contributed by atoms with Crippen LogP contribution in [-0.2, 0) is 4.79 Å². The lowest BCUT2D eigenvalue weighted by molar-refractivity contribution is -0.113. The molecule has 1 aromatic carbocycles. The van der Waals surface area contributed by atoms with E-state index in [-0.39, 0.29) is 16.5 Å². The van der Waals surface area contributed by atoms with E-state index in [0.717, 1.165) is 0 Å². The predicted molar refractivity (Wildman–Crippen MR) is 58.9 cm³/mol. The molecule has 0 aromatic heterocycles. The van der Waals surface area contributed by atoms with Crippen LogP contribution in [0.5, 0.6) is 0 Å². The highest BCUT2D eigenvalue weighted by Gasteiger charge is 2.19. The smallest absolute Gasteiger partial charge is 0.178 e. The van der Waals surface area contributed by atoms with E-state index >= 15 is 0 Å². The van der Waals surface area contributed by atoms with Crippen LogP contribution >= 0.6 is 11.6 Å². The molecule has 0 spiro atoms. The van der Waals surface area contributed by atoms with Gasteiger partial charge in [0.1, 0.15) is 5.70 Å². The minimum Gasteiger partial charge on any atom is -0.299 e. The topological polar surface area (TPSA) is 44.4 Å². The summed E-state index contributed by atoms with van der Waals surface area (Å²) in [5, 5.41) is 1.39. The maximum Gasteiger partial charge on any atom is 0.178 e. The van der Waals surface area contributed by atoms with Gasteiger partial charge in [0.2, 0.25) is 0 Å². The van der Waals surface area contributed by atoms with Crippen molar-refractivity contribution in [3.63, 3.8) is 0 Å². The fraction of sp³-hybridized carbons (Fsp3) is 0.100. The van der Waals surface area contributed by atoms with E-state index in [4.69, 9.17) is 11.6 Å². The van der Waals surface area contributed by atoms with Crippen LogP contribution in [0.25, 0.3) is 0 Å². The highest BCUT2D eigenvalue weighted by Crippen LogP contribution is 2.25. The van der Waals surface area contributed by atoms with Crippen LogP contribution in [0, 0.1) is 5.82 Å². The van der Waals surface area contributed by atoms with Crippen molar-refractivity contribution >= 4 is 23.1 Å². The maximum absolute atomic E-state index is 13.6. The number of hydrazine groups is 2. The second-order valence-electron chi connectivity index (χ2n) is 3.28. The van der Waals surface area contributed by atoms with Crippen LogP contribution in [0.15, 0.2) is 30.1 Å². The van der Waals surface area contributed by atoms with Crippen LogP contribution in [0.2, 0.25) is 5.02 Å². The van der Waals surface area contributed by atoms with Gasteiger partial charge in [0.25, 0.3) is 0 Å². The number of allylic oxidation sites excluding steroid dienone is 1. The molecule has 0 fully saturated rings. The third-order valence-corrected chi connectivity index (χ3v) is 2.43. The Labute approximate surface area is 96.6 Å². The van der Waals surface area contributed by atoms with Gasteiger partial charge in [0.15, 0.2) is 11.6 Å². The summed E-state index contributed by atoms with van der Waals surface area (Å²) in [5.41, 5.74) is 5.88. The number of carbonyl (C=O) groups excluding carboxylic acids is 1. The van der Waals surface area contributed by atoms with Gasteiger partial charge in [-0.15, -0.1) is 5.53 Å². The zero-order valence-electron chi connectivity index (χ0n) is 8.42. The van der Waals surface area contributed by atoms with Gasteiger partial charge in [0.05, 0.1) is 16.9 Å². The quantitative estimate of drug-likeness (QED) is 0.828. The first-order chi connectivity index (χ1) is 7.59. The van der Waals surface area contributed by atoms with Crippen LogP contribution in [0.3, 0.4) is 0 Å². The SMILES string of the molecule is CC(=O)C1=CN(c2cccc(Cl)c2F)NN1. The minimum atomic E-state index is -0.542. The lowest BCUT2D eigenvalue weighted by atomic mass is 10.3. The Bertz CT molecular complexity index is 475. The predicted octanol–water partition coefficient (Wildman–Crippen LogP) is 1.74. The molecule has 0 aliphatic carbocycles. The van der Waals surface area contributed by atoms with Gasteiger partial charge < -0.3 is 0 Å². The van der Waals surface area contributed by atoms with Gasteiger partial charge in [-0.05, 0) is 12.1 Å². The number of hydrogen-bond donors (Lipinski definition) is 2. The summed E-state index contributed by atoms with van der Waals surface area (Å²) in [4.78, 5) is 11.1. The van der Waals surface area contributed by atoms with E-state index in [1.807, 2.05) is 0 Å². The molecular formula is C10H9ClFN3O. The number of halogens is 2. The summed E-state index contributed by atoms with van der Waals surface area (Å²) in [6, 6.07) is 4.64.